The summed E-state index contributed by atoms with van der Waals surface area (Å²) < 4.78 is 4.74. The smallest absolute Gasteiger partial charge is 0.270 e. The van der Waals surface area contributed by atoms with Crippen LogP contribution in [0.15, 0.2) is 91.0 Å². The van der Waals surface area contributed by atoms with Gasteiger partial charge in [0.25, 0.3) is 5.69 Å². The van der Waals surface area contributed by atoms with Crippen LogP contribution in [0.5, 0.6) is 0 Å². The summed E-state index contributed by atoms with van der Waals surface area (Å²) in [5, 5.41) is 15.9. The summed E-state index contributed by atoms with van der Waals surface area (Å²) >= 11 is 0. The lowest BCUT2D eigenvalue weighted by atomic mass is 10.1. The fourth-order valence-corrected chi connectivity index (χ4v) is 5.18. The van der Waals surface area contributed by atoms with Gasteiger partial charge < -0.3 is 9.13 Å². The molecule has 162 valence electrons. The first-order chi connectivity index (χ1) is 16.2. The summed E-state index contributed by atoms with van der Waals surface area (Å²) in [4.78, 5) is 11.0. The fraction of sp³-hybridized carbons (Fsp3) is 0.143. The number of nitro groups is 1. The monoisotopic (exact) mass is 433 g/mol. The van der Waals surface area contributed by atoms with Crippen LogP contribution in [0, 0.1) is 10.1 Å². The SMILES string of the molecule is O=[N+]([O-])c1ccc2c(c1)c1ccccc1n2CCCCn1c2ccccc2c2ccccc21. The van der Waals surface area contributed by atoms with Gasteiger partial charge in [-0.2, -0.15) is 0 Å². The van der Waals surface area contributed by atoms with E-state index in [4.69, 9.17) is 0 Å². The molecular weight excluding hydrogens is 410 g/mol. The number of hydrogen-bond donors (Lipinski definition) is 0. The standard InChI is InChI=1S/C28H23N3O2/c32-31(33)20-15-16-28-24(19-20)23-11-3-6-14-27(23)30(28)18-8-7-17-29-25-12-4-1-9-21(25)22-10-2-5-13-26(22)29/h1-6,9-16,19H,7-8,17-18H2. The van der Waals surface area contributed by atoms with Gasteiger partial charge in [0.05, 0.1) is 4.92 Å². The Balaban J connectivity index is 1.30. The Labute approximate surface area is 190 Å². The molecule has 0 fully saturated rings. The summed E-state index contributed by atoms with van der Waals surface area (Å²) in [7, 11) is 0. The van der Waals surface area contributed by atoms with Crippen molar-refractivity contribution in [1.29, 1.82) is 0 Å². The average Bonchev–Trinajstić information content (AvgIpc) is 3.34. The number of fused-ring (bicyclic) bond motifs is 6. The van der Waals surface area contributed by atoms with Crippen LogP contribution in [0.3, 0.4) is 0 Å². The summed E-state index contributed by atoms with van der Waals surface area (Å²) in [5.41, 5.74) is 4.88. The van der Waals surface area contributed by atoms with Crippen molar-refractivity contribution in [2.75, 3.05) is 0 Å². The second kappa shape index (κ2) is 7.78. The molecule has 0 spiro atoms. The first-order valence-electron chi connectivity index (χ1n) is 11.3. The van der Waals surface area contributed by atoms with Crippen LogP contribution in [0.2, 0.25) is 0 Å². The Morgan fingerprint density at radius 2 is 1.00 bits per heavy atom. The first kappa shape index (κ1) is 19.6. The van der Waals surface area contributed by atoms with Crippen LogP contribution in [-0.4, -0.2) is 14.1 Å². The van der Waals surface area contributed by atoms with E-state index in [9.17, 15) is 10.1 Å². The van der Waals surface area contributed by atoms with Crippen molar-refractivity contribution in [1.82, 2.24) is 9.13 Å². The van der Waals surface area contributed by atoms with Gasteiger partial charge in [0.2, 0.25) is 0 Å². The molecule has 0 saturated carbocycles. The van der Waals surface area contributed by atoms with Gasteiger partial charge in [0, 0.05) is 68.8 Å². The van der Waals surface area contributed by atoms with Crippen LogP contribution in [0.25, 0.3) is 43.6 Å². The summed E-state index contributed by atoms with van der Waals surface area (Å²) in [5.74, 6) is 0. The molecule has 4 aromatic carbocycles. The second-order valence-corrected chi connectivity index (χ2v) is 8.52. The fourth-order valence-electron chi connectivity index (χ4n) is 5.18. The highest BCUT2D eigenvalue weighted by molar-refractivity contribution is 6.09. The van der Waals surface area contributed by atoms with E-state index < -0.39 is 0 Å². The van der Waals surface area contributed by atoms with E-state index >= 15 is 0 Å². The van der Waals surface area contributed by atoms with Gasteiger partial charge >= 0.3 is 0 Å². The lowest BCUT2D eigenvalue weighted by Gasteiger charge is -2.10. The van der Waals surface area contributed by atoms with Gasteiger partial charge in [-0.3, -0.25) is 10.1 Å². The predicted octanol–water partition coefficient (Wildman–Crippen LogP) is 7.29. The van der Waals surface area contributed by atoms with Crippen molar-refractivity contribution in [2.45, 2.75) is 25.9 Å². The molecule has 0 aliphatic rings. The third kappa shape index (κ3) is 3.16. The summed E-state index contributed by atoms with van der Waals surface area (Å²) in [6.07, 6.45) is 2.06. The molecule has 0 aliphatic carbocycles. The van der Waals surface area contributed by atoms with Crippen molar-refractivity contribution in [2.24, 2.45) is 0 Å². The summed E-state index contributed by atoms with van der Waals surface area (Å²) in [6, 6.07) is 30.6. The third-order valence-corrected chi connectivity index (χ3v) is 6.66. The zero-order valence-corrected chi connectivity index (χ0v) is 18.1. The molecule has 2 heterocycles. The van der Waals surface area contributed by atoms with Crippen molar-refractivity contribution in [3.05, 3.63) is 101 Å². The number of nitrogens with zero attached hydrogens (tertiary/aromatic N) is 3. The number of hydrogen-bond acceptors (Lipinski definition) is 2. The van der Waals surface area contributed by atoms with E-state index in [2.05, 4.69) is 69.8 Å². The number of benzene rings is 4. The molecule has 0 aliphatic heterocycles. The zero-order valence-electron chi connectivity index (χ0n) is 18.1. The molecule has 5 nitrogen and oxygen atoms in total. The first-order valence-corrected chi connectivity index (χ1v) is 11.3. The van der Waals surface area contributed by atoms with Crippen molar-refractivity contribution < 1.29 is 4.92 Å². The lowest BCUT2D eigenvalue weighted by Crippen LogP contribution is -2.02. The molecule has 0 amide bonds. The van der Waals surface area contributed by atoms with Gasteiger partial charge in [-0.1, -0.05) is 54.6 Å². The molecule has 2 aromatic heterocycles. The molecule has 6 rings (SSSR count). The highest BCUT2D eigenvalue weighted by Crippen LogP contribution is 2.32. The highest BCUT2D eigenvalue weighted by atomic mass is 16.6. The van der Waals surface area contributed by atoms with Crippen molar-refractivity contribution in [3.63, 3.8) is 0 Å². The van der Waals surface area contributed by atoms with Crippen LogP contribution >= 0.6 is 0 Å². The van der Waals surface area contributed by atoms with Gasteiger partial charge in [-0.05, 0) is 37.1 Å². The minimum absolute atomic E-state index is 0.136. The maximum atomic E-state index is 11.3. The summed E-state index contributed by atoms with van der Waals surface area (Å²) in [6.45, 7) is 1.83. The third-order valence-electron chi connectivity index (χ3n) is 6.66. The Bertz CT molecular complexity index is 1610. The zero-order chi connectivity index (χ0) is 22.4. The number of rotatable bonds is 6. The normalized spacial score (nSPS) is 11.8. The molecule has 0 N–H and O–H groups in total. The number of unbranched alkanes of at least 4 members (excludes halogenated alkanes) is 1. The van der Waals surface area contributed by atoms with E-state index in [1.807, 2.05) is 18.2 Å². The van der Waals surface area contributed by atoms with E-state index in [0.29, 0.717) is 0 Å². The minimum atomic E-state index is -0.322. The quantitative estimate of drug-likeness (QED) is 0.157. The molecule has 0 atom stereocenters. The van der Waals surface area contributed by atoms with Gasteiger partial charge in [-0.25, -0.2) is 0 Å². The number of aryl methyl sites for hydroxylation is 2. The van der Waals surface area contributed by atoms with Crippen LogP contribution < -0.4 is 0 Å². The molecule has 5 heteroatoms. The number of para-hydroxylation sites is 3. The number of non-ortho nitro benzene ring substituents is 1. The topological polar surface area (TPSA) is 53.0 Å². The molecule has 0 unspecified atom stereocenters. The Hall–Kier alpha value is -4.12. The van der Waals surface area contributed by atoms with Gasteiger partial charge in [-0.15, -0.1) is 0 Å². The number of aromatic nitrogens is 2. The Morgan fingerprint density at radius 3 is 1.48 bits per heavy atom. The van der Waals surface area contributed by atoms with E-state index in [-0.39, 0.29) is 10.6 Å². The van der Waals surface area contributed by atoms with E-state index in [1.54, 1.807) is 12.1 Å². The Morgan fingerprint density at radius 1 is 0.576 bits per heavy atom. The van der Waals surface area contributed by atoms with Crippen LogP contribution in [0.4, 0.5) is 5.69 Å². The van der Waals surface area contributed by atoms with Crippen LogP contribution in [-0.2, 0) is 13.1 Å². The molecule has 0 bridgehead atoms. The van der Waals surface area contributed by atoms with E-state index in [1.165, 1.54) is 21.8 Å². The Kier molecular flexibility index (Phi) is 4.61. The average molecular weight is 434 g/mol. The predicted molar refractivity (Wildman–Crippen MR) is 135 cm³/mol. The van der Waals surface area contributed by atoms with Gasteiger partial charge in [0.15, 0.2) is 0 Å². The highest BCUT2D eigenvalue weighted by Gasteiger charge is 2.14. The number of nitro benzene ring substituents is 1. The van der Waals surface area contributed by atoms with Crippen LogP contribution in [0.1, 0.15) is 12.8 Å². The molecule has 33 heavy (non-hydrogen) atoms. The van der Waals surface area contributed by atoms with Crippen molar-refractivity contribution >= 4 is 49.3 Å². The van der Waals surface area contributed by atoms with E-state index in [0.717, 1.165) is 47.7 Å². The second-order valence-electron chi connectivity index (χ2n) is 8.52. The molecule has 0 saturated heterocycles. The maximum absolute atomic E-state index is 11.3. The molecular formula is C28H23N3O2. The molecule has 0 radical (unpaired) electrons. The lowest BCUT2D eigenvalue weighted by molar-refractivity contribution is -0.384. The molecule has 6 aromatic rings. The minimum Gasteiger partial charge on any atom is -0.340 e. The van der Waals surface area contributed by atoms with Crippen molar-refractivity contribution in [3.8, 4) is 0 Å². The maximum Gasteiger partial charge on any atom is 0.270 e. The van der Waals surface area contributed by atoms with Gasteiger partial charge in [0.1, 0.15) is 0 Å². The largest absolute Gasteiger partial charge is 0.340 e.